The van der Waals surface area contributed by atoms with Gasteiger partial charge in [0.1, 0.15) is 0 Å². The second-order valence-corrected chi connectivity index (χ2v) is 5.01. The van der Waals surface area contributed by atoms with Crippen molar-refractivity contribution >= 4 is 0 Å². The molecule has 2 rings (SSSR count). The van der Waals surface area contributed by atoms with Gasteiger partial charge in [-0.2, -0.15) is 0 Å². The van der Waals surface area contributed by atoms with Crippen LogP contribution in [0.3, 0.4) is 0 Å². The second-order valence-electron chi connectivity index (χ2n) is 5.01. The van der Waals surface area contributed by atoms with Crippen molar-refractivity contribution in [3.63, 3.8) is 0 Å². The Balaban J connectivity index is 2.29. The first-order valence-corrected chi connectivity index (χ1v) is 6.52. The van der Waals surface area contributed by atoms with Crippen LogP contribution in [0.15, 0.2) is 30.3 Å². The summed E-state index contributed by atoms with van der Waals surface area (Å²) in [5.41, 5.74) is 1.01. The average Bonchev–Trinajstić information content (AvgIpc) is 2.70. The van der Waals surface area contributed by atoms with Gasteiger partial charge in [0.2, 0.25) is 0 Å². The first kappa shape index (κ1) is 14.4. The fraction of sp³-hybridized carbons (Fsp3) is 0.571. The molecule has 106 valence electrons. The van der Waals surface area contributed by atoms with E-state index in [1.54, 1.807) is 4.90 Å². The van der Waals surface area contributed by atoms with Crippen molar-refractivity contribution in [3.05, 3.63) is 35.9 Å². The molecule has 0 radical (unpaired) electrons. The molecule has 5 nitrogen and oxygen atoms in total. The molecule has 1 aliphatic heterocycles. The van der Waals surface area contributed by atoms with Gasteiger partial charge in [0.15, 0.2) is 0 Å². The van der Waals surface area contributed by atoms with E-state index in [-0.39, 0.29) is 19.3 Å². The third-order valence-corrected chi connectivity index (χ3v) is 4.01. The summed E-state index contributed by atoms with van der Waals surface area (Å²) in [6, 6.07) is 8.39. The van der Waals surface area contributed by atoms with Crippen LogP contribution in [0.2, 0.25) is 0 Å². The molecule has 1 saturated heterocycles. The lowest BCUT2D eigenvalue weighted by molar-refractivity contribution is 0.0130. The van der Waals surface area contributed by atoms with Gasteiger partial charge in [-0.3, -0.25) is 4.90 Å². The Morgan fingerprint density at radius 3 is 1.89 bits per heavy atom. The maximum Gasteiger partial charge on any atom is 0.0992 e. The molecular formula is C14H21NO4. The molecule has 1 fully saturated rings. The van der Waals surface area contributed by atoms with Crippen LogP contribution in [0.1, 0.15) is 18.5 Å². The zero-order valence-corrected chi connectivity index (χ0v) is 10.9. The Bertz CT molecular complexity index is 384. The summed E-state index contributed by atoms with van der Waals surface area (Å²) in [6.07, 6.45) is -2.10. The lowest BCUT2D eigenvalue weighted by atomic mass is 10.1. The molecule has 19 heavy (non-hydrogen) atoms. The number of aliphatic hydroxyl groups excluding tert-OH is 4. The molecule has 0 saturated carbocycles. The second kappa shape index (κ2) is 5.98. The Hall–Kier alpha value is -0.980. The van der Waals surface area contributed by atoms with E-state index in [9.17, 15) is 20.4 Å². The highest BCUT2D eigenvalue weighted by molar-refractivity contribution is 5.20. The van der Waals surface area contributed by atoms with E-state index < -0.39 is 24.3 Å². The van der Waals surface area contributed by atoms with Gasteiger partial charge in [-0.05, 0) is 12.5 Å². The summed E-state index contributed by atoms with van der Waals surface area (Å²) in [6.45, 7) is 1.42. The van der Waals surface area contributed by atoms with E-state index in [0.717, 1.165) is 5.56 Å². The van der Waals surface area contributed by atoms with Crippen LogP contribution in [-0.2, 0) is 0 Å². The molecule has 1 aliphatic rings. The number of hydrogen-bond donors (Lipinski definition) is 4. The molecule has 0 aliphatic carbocycles. The van der Waals surface area contributed by atoms with Crippen LogP contribution in [0.5, 0.6) is 0 Å². The normalized spacial score (nSPS) is 33.5. The predicted molar refractivity (Wildman–Crippen MR) is 70.5 cm³/mol. The highest BCUT2D eigenvalue weighted by Gasteiger charge is 2.48. The van der Waals surface area contributed by atoms with E-state index >= 15 is 0 Å². The van der Waals surface area contributed by atoms with E-state index in [1.807, 2.05) is 37.3 Å². The fourth-order valence-corrected chi connectivity index (χ4v) is 2.94. The van der Waals surface area contributed by atoms with Gasteiger partial charge in [0, 0.05) is 6.04 Å². The largest absolute Gasteiger partial charge is 0.395 e. The van der Waals surface area contributed by atoms with Gasteiger partial charge in [-0.1, -0.05) is 30.3 Å². The monoisotopic (exact) mass is 267 g/mol. The Morgan fingerprint density at radius 1 is 1.00 bits per heavy atom. The molecule has 5 heteroatoms. The van der Waals surface area contributed by atoms with Crippen molar-refractivity contribution in [3.8, 4) is 0 Å². The molecule has 1 aromatic rings. The zero-order valence-electron chi connectivity index (χ0n) is 10.9. The molecule has 1 aromatic carbocycles. The van der Waals surface area contributed by atoms with Gasteiger partial charge < -0.3 is 20.4 Å². The first-order chi connectivity index (χ1) is 9.11. The average molecular weight is 267 g/mol. The molecular weight excluding hydrogens is 246 g/mol. The zero-order chi connectivity index (χ0) is 14.0. The van der Waals surface area contributed by atoms with Crippen molar-refractivity contribution < 1.29 is 20.4 Å². The van der Waals surface area contributed by atoms with Crippen LogP contribution < -0.4 is 0 Å². The molecule has 0 spiro atoms. The lowest BCUT2D eigenvalue weighted by Crippen LogP contribution is -2.44. The quantitative estimate of drug-likeness (QED) is 0.591. The van der Waals surface area contributed by atoms with E-state index in [2.05, 4.69) is 0 Å². The maximum absolute atomic E-state index is 9.96. The van der Waals surface area contributed by atoms with Gasteiger partial charge in [0.25, 0.3) is 0 Å². The fourth-order valence-electron chi connectivity index (χ4n) is 2.94. The van der Waals surface area contributed by atoms with Gasteiger partial charge in [0.05, 0.1) is 37.5 Å². The Kier molecular flexibility index (Phi) is 4.54. The molecule has 5 atom stereocenters. The third kappa shape index (κ3) is 2.52. The Labute approximate surface area is 112 Å². The highest BCUT2D eigenvalue weighted by Crippen LogP contribution is 2.33. The minimum absolute atomic E-state index is 0.109. The summed E-state index contributed by atoms with van der Waals surface area (Å²) < 4.78 is 0. The van der Waals surface area contributed by atoms with E-state index in [4.69, 9.17) is 0 Å². The van der Waals surface area contributed by atoms with Gasteiger partial charge >= 0.3 is 0 Å². The lowest BCUT2D eigenvalue weighted by Gasteiger charge is -2.34. The summed E-state index contributed by atoms with van der Waals surface area (Å²) in [5, 5.41) is 38.8. The SMILES string of the molecule is C[C@H](c1ccccc1)N1[C@H](CO)[C@@H](O)[C@H](O)[C@H]1CO. The molecule has 0 bridgehead atoms. The number of benzene rings is 1. The van der Waals surface area contributed by atoms with Crippen LogP contribution in [0.4, 0.5) is 0 Å². The molecule has 1 heterocycles. The van der Waals surface area contributed by atoms with Crippen molar-refractivity contribution in [2.24, 2.45) is 0 Å². The number of aliphatic hydroxyl groups is 4. The van der Waals surface area contributed by atoms with E-state index in [0.29, 0.717) is 0 Å². The molecule has 0 amide bonds. The predicted octanol–water partition coefficient (Wildman–Crippen LogP) is -0.493. The van der Waals surface area contributed by atoms with Crippen LogP contribution in [-0.4, -0.2) is 62.8 Å². The number of hydrogen-bond acceptors (Lipinski definition) is 5. The van der Waals surface area contributed by atoms with Crippen molar-refractivity contribution in [1.29, 1.82) is 0 Å². The number of rotatable bonds is 4. The third-order valence-electron chi connectivity index (χ3n) is 4.01. The standard InChI is InChI=1S/C14H21NO4/c1-9(10-5-3-2-4-6-10)15-11(7-16)13(18)14(19)12(15)8-17/h2-6,9,11-14,16-19H,7-8H2,1H3/t9-,11-,12-,13-,14-/m1/s1. The summed E-state index contributed by atoms with van der Waals surface area (Å²) in [4.78, 5) is 1.80. The van der Waals surface area contributed by atoms with Gasteiger partial charge in [-0.15, -0.1) is 0 Å². The minimum Gasteiger partial charge on any atom is -0.395 e. The Morgan fingerprint density at radius 2 is 1.47 bits per heavy atom. The van der Waals surface area contributed by atoms with Crippen molar-refractivity contribution in [2.75, 3.05) is 13.2 Å². The van der Waals surface area contributed by atoms with Crippen LogP contribution >= 0.6 is 0 Å². The molecule has 0 aromatic heterocycles. The van der Waals surface area contributed by atoms with Gasteiger partial charge in [-0.25, -0.2) is 0 Å². The van der Waals surface area contributed by atoms with Crippen LogP contribution in [0.25, 0.3) is 0 Å². The maximum atomic E-state index is 9.96. The number of likely N-dealkylation sites (tertiary alicyclic amines) is 1. The van der Waals surface area contributed by atoms with Crippen LogP contribution in [0, 0.1) is 0 Å². The highest BCUT2D eigenvalue weighted by atomic mass is 16.3. The van der Waals surface area contributed by atoms with E-state index in [1.165, 1.54) is 0 Å². The molecule has 0 unspecified atom stereocenters. The minimum atomic E-state index is -1.05. The summed E-state index contributed by atoms with van der Waals surface area (Å²) in [5.74, 6) is 0. The number of nitrogens with zero attached hydrogens (tertiary/aromatic N) is 1. The smallest absolute Gasteiger partial charge is 0.0992 e. The van der Waals surface area contributed by atoms with Crippen molar-refractivity contribution in [1.82, 2.24) is 4.90 Å². The topological polar surface area (TPSA) is 84.2 Å². The summed E-state index contributed by atoms with van der Waals surface area (Å²) >= 11 is 0. The molecule has 4 N–H and O–H groups in total. The van der Waals surface area contributed by atoms with Crippen molar-refractivity contribution in [2.45, 2.75) is 37.3 Å². The first-order valence-electron chi connectivity index (χ1n) is 6.52. The summed E-state index contributed by atoms with van der Waals surface area (Å²) in [7, 11) is 0.